The average Bonchev–Trinajstić information content (AvgIpc) is 2.22. The Kier molecular flexibility index (Phi) is 3.93. The average molecular weight is 217 g/mol. The second-order valence-electron chi connectivity index (χ2n) is 4.85. The number of allylic oxidation sites excluding steroid dienone is 3. The molecule has 1 heteroatoms. The third-order valence-electron chi connectivity index (χ3n) is 3.46. The summed E-state index contributed by atoms with van der Waals surface area (Å²) in [7, 11) is 4.16. The SMILES string of the molecule is C=C(CCC)C1=CC(=C)C(C)(N(C)C)C=C1. The third kappa shape index (κ3) is 2.35. The number of rotatable bonds is 4. The van der Waals surface area contributed by atoms with E-state index in [0.717, 1.165) is 18.4 Å². The van der Waals surface area contributed by atoms with E-state index in [4.69, 9.17) is 0 Å². The first-order chi connectivity index (χ1) is 7.41. The zero-order valence-corrected chi connectivity index (χ0v) is 11.0. The Morgan fingerprint density at radius 3 is 2.50 bits per heavy atom. The molecule has 0 saturated heterocycles. The zero-order chi connectivity index (χ0) is 12.3. The van der Waals surface area contributed by atoms with Gasteiger partial charge in [-0.3, -0.25) is 4.90 Å². The maximum Gasteiger partial charge on any atom is 0.0609 e. The number of likely N-dealkylation sites (N-methyl/N-ethyl adjacent to an activating group) is 1. The van der Waals surface area contributed by atoms with Crippen LogP contribution in [-0.4, -0.2) is 24.5 Å². The van der Waals surface area contributed by atoms with Gasteiger partial charge in [-0.1, -0.05) is 38.7 Å². The maximum atomic E-state index is 4.17. The minimum atomic E-state index is -0.0595. The van der Waals surface area contributed by atoms with Crippen LogP contribution in [0, 0.1) is 0 Å². The largest absolute Gasteiger partial charge is 0.297 e. The molecule has 0 aromatic heterocycles. The van der Waals surface area contributed by atoms with E-state index in [1.807, 2.05) is 0 Å². The minimum Gasteiger partial charge on any atom is -0.297 e. The molecule has 0 fully saturated rings. The molecule has 0 N–H and O–H groups in total. The first kappa shape index (κ1) is 13.0. The molecule has 0 saturated carbocycles. The summed E-state index contributed by atoms with van der Waals surface area (Å²) in [6, 6.07) is 0. The lowest BCUT2D eigenvalue weighted by Gasteiger charge is -2.37. The van der Waals surface area contributed by atoms with Gasteiger partial charge in [0.25, 0.3) is 0 Å². The molecule has 1 aliphatic carbocycles. The quantitative estimate of drug-likeness (QED) is 0.694. The van der Waals surface area contributed by atoms with Gasteiger partial charge in [-0.2, -0.15) is 0 Å². The molecule has 1 nitrogen and oxygen atoms in total. The molecular weight excluding hydrogens is 194 g/mol. The van der Waals surface area contributed by atoms with Gasteiger partial charge in [0, 0.05) is 0 Å². The van der Waals surface area contributed by atoms with Crippen molar-refractivity contribution in [2.75, 3.05) is 14.1 Å². The van der Waals surface area contributed by atoms with Gasteiger partial charge in [0.2, 0.25) is 0 Å². The highest BCUT2D eigenvalue weighted by atomic mass is 15.1. The Bertz CT molecular complexity index is 358. The highest BCUT2D eigenvalue weighted by molar-refractivity contribution is 5.51. The highest BCUT2D eigenvalue weighted by Crippen LogP contribution is 2.31. The van der Waals surface area contributed by atoms with Gasteiger partial charge in [0.1, 0.15) is 0 Å². The molecule has 16 heavy (non-hydrogen) atoms. The molecular formula is C15H23N. The van der Waals surface area contributed by atoms with Crippen molar-refractivity contribution in [2.45, 2.75) is 32.2 Å². The number of hydrogen-bond donors (Lipinski definition) is 0. The van der Waals surface area contributed by atoms with Crippen molar-refractivity contribution in [2.24, 2.45) is 0 Å². The Morgan fingerprint density at radius 1 is 1.44 bits per heavy atom. The van der Waals surface area contributed by atoms with E-state index >= 15 is 0 Å². The second-order valence-corrected chi connectivity index (χ2v) is 4.85. The summed E-state index contributed by atoms with van der Waals surface area (Å²) in [5.74, 6) is 0. The van der Waals surface area contributed by atoms with Crippen molar-refractivity contribution in [1.29, 1.82) is 0 Å². The molecule has 1 aliphatic rings. The lowest BCUT2D eigenvalue weighted by Crippen LogP contribution is -2.41. The Hall–Kier alpha value is -1.08. The van der Waals surface area contributed by atoms with Gasteiger partial charge >= 0.3 is 0 Å². The second kappa shape index (κ2) is 4.84. The van der Waals surface area contributed by atoms with Gasteiger partial charge in [-0.25, -0.2) is 0 Å². The van der Waals surface area contributed by atoms with E-state index < -0.39 is 0 Å². The summed E-state index contributed by atoms with van der Waals surface area (Å²) in [5.41, 5.74) is 3.51. The lowest BCUT2D eigenvalue weighted by molar-refractivity contribution is 0.274. The summed E-state index contributed by atoms with van der Waals surface area (Å²) in [6.45, 7) is 12.7. The van der Waals surface area contributed by atoms with Crippen molar-refractivity contribution in [1.82, 2.24) is 4.90 Å². The first-order valence-electron chi connectivity index (χ1n) is 5.87. The Balaban J connectivity index is 2.90. The first-order valence-corrected chi connectivity index (χ1v) is 5.87. The molecule has 1 rings (SSSR count). The Labute approximate surface area is 99.8 Å². The summed E-state index contributed by atoms with van der Waals surface area (Å²) in [6.07, 6.45) is 8.75. The van der Waals surface area contributed by atoms with Crippen LogP contribution in [0.4, 0.5) is 0 Å². The summed E-state index contributed by atoms with van der Waals surface area (Å²) < 4.78 is 0. The van der Waals surface area contributed by atoms with Gasteiger partial charge in [-0.05, 0) is 50.2 Å². The van der Waals surface area contributed by atoms with Crippen LogP contribution in [0.15, 0.2) is 48.1 Å². The van der Waals surface area contributed by atoms with Crippen LogP contribution in [0.3, 0.4) is 0 Å². The molecule has 0 bridgehead atoms. The van der Waals surface area contributed by atoms with Gasteiger partial charge in [0.05, 0.1) is 5.54 Å². The molecule has 0 amide bonds. The fourth-order valence-electron chi connectivity index (χ4n) is 1.84. The van der Waals surface area contributed by atoms with Crippen molar-refractivity contribution in [3.63, 3.8) is 0 Å². The summed E-state index contributed by atoms with van der Waals surface area (Å²) in [4.78, 5) is 2.18. The lowest BCUT2D eigenvalue weighted by atomic mass is 9.83. The zero-order valence-electron chi connectivity index (χ0n) is 11.0. The molecule has 0 radical (unpaired) electrons. The predicted molar refractivity (Wildman–Crippen MR) is 72.5 cm³/mol. The van der Waals surface area contributed by atoms with E-state index in [-0.39, 0.29) is 5.54 Å². The minimum absolute atomic E-state index is 0.0595. The van der Waals surface area contributed by atoms with Crippen LogP contribution in [-0.2, 0) is 0 Å². The topological polar surface area (TPSA) is 3.24 Å². The molecule has 0 aromatic carbocycles. The molecule has 0 aromatic rings. The van der Waals surface area contributed by atoms with Crippen molar-refractivity contribution in [3.8, 4) is 0 Å². The monoisotopic (exact) mass is 217 g/mol. The van der Waals surface area contributed by atoms with Crippen LogP contribution >= 0.6 is 0 Å². The standard InChI is InChI=1S/C15H23N/c1-7-8-12(2)14-9-10-15(4,16(5)6)13(3)11-14/h9-11H,2-3,7-8H2,1,4-6H3. The van der Waals surface area contributed by atoms with Crippen LogP contribution in [0.2, 0.25) is 0 Å². The fourth-order valence-corrected chi connectivity index (χ4v) is 1.84. The highest BCUT2D eigenvalue weighted by Gasteiger charge is 2.28. The van der Waals surface area contributed by atoms with Crippen LogP contribution in [0.1, 0.15) is 26.7 Å². The smallest absolute Gasteiger partial charge is 0.0609 e. The van der Waals surface area contributed by atoms with Crippen LogP contribution in [0.5, 0.6) is 0 Å². The molecule has 0 aliphatic heterocycles. The molecule has 1 atom stereocenters. The molecule has 0 spiro atoms. The predicted octanol–water partition coefficient (Wildman–Crippen LogP) is 3.72. The van der Waals surface area contributed by atoms with Gasteiger partial charge < -0.3 is 0 Å². The van der Waals surface area contributed by atoms with Crippen molar-refractivity contribution < 1.29 is 0 Å². The van der Waals surface area contributed by atoms with E-state index in [1.54, 1.807) is 0 Å². The Morgan fingerprint density at radius 2 is 2.06 bits per heavy atom. The van der Waals surface area contributed by atoms with Crippen molar-refractivity contribution >= 4 is 0 Å². The van der Waals surface area contributed by atoms with Crippen LogP contribution in [0.25, 0.3) is 0 Å². The van der Waals surface area contributed by atoms with E-state index in [1.165, 1.54) is 11.1 Å². The normalized spacial score (nSPS) is 24.8. The maximum absolute atomic E-state index is 4.17. The van der Waals surface area contributed by atoms with Crippen LogP contribution < -0.4 is 0 Å². The summed E-state index contributed by atoms with van der Waals surface area (Å²) >= 11 is 0. The molecule has 88 valence electrons. The van der Waals surface area contributed by atoms with Gasteiger partial charge in [0.15, 0.2) is 0 Å². The fraction of sp³-hybridized carbons (Fsp3) is 0.467. The van der Waals surface area contributed by atoms with Crippen molar-refractivity contribution in [3.05, 3.63) is 48.1 Å². The van der Waals surface area contributed by atoms with E-state index in [9.17, 15) is 0 Å². The van der Waals surface area contributed by atoms with Gasteiger partial charge in [-0.15, -0.1) is 0 Å². The van der Waals surface area contributed by atoms with E-state index in [2.05, 4.69) is 64.2 Å². The molecule has 1 unspecified atom stereocenters. The third-order valence-corrected chi connectivity index (χ3v) is 3.46. The number of nitrogens with zero attached hydrogens (tertiary/aromatic N) is 1. The number of hydrogen-bond acceptors (Lipinski definition) is 1. The molecule has 0 heterocycles. The summed E-state index contributed by atoms with van der Waals surface area (Å²) in [5, 5.41) is 0. The van der Waals surface area contributed by atoms with E-state index in [0.29, 0.717) is 0 Å².